The molecule has 0 amide bonds. The molecule has 4 bridgehead atoms. The highest BCUT2D eigenvalue weighted by Gasteiger charge is 2.53. The van der Waals surface area contributed by atoms with Crippen molar-refractivity contribution in [3.63, 3.8) is 0 Å². The fourth-order valence-electron chi connectivity index (χ4n) is 4.95. The molecular weight excluding hydrogens is 783 g/mol. The molecule has 14 nitrogen and oxygen atoms in total. The molecule has 0 aliphatic carbocycles. The maximum atomic E-state index is 11.2. The molecule has 8 heterocycles. The summed E-state index contributed by atoms with van der Waals surface area (Å²) < 4.78 is 34.0. The monoisotopic (exact) mass is 830 g/mol. The number of methoxy groups -OCH3 is 1. The lowest BCUT2D eigenvalue weighted by atomic mass is 9.85. The molecule has 282 valence electrons. The molecule has 2 aromatic rings. The number of cyclic esters (lactones) is 2. The molecule has 0 saturated carbocycles. The van der Waals surface area contributed by atoms with E-state index in [0.29, 0.717) is 56.6 Å². The molecule has 15 heteroatoms. The minimum Gasteiger partial charge on any atom is -0.465 e. The van der Waals surface area contributed by atoms with Gasteiger partial charge in [-0.15, -0.1) is 24.0 Å². The van der Waals surface area contributed by atoms with Gasteiger partial charge < -0.3 is 32.5 Å². The molecule has 4 fully saturated rings. The van der Waals surface area contributed by atoms with Gasteiger partial charge >= 0.3 is 11.9 Å². The number of hydrogen-bond donors (Lipinski definition) is 0. The topological polar surface area (TPSA) is 192 Å². The van der Waals surface area contributed by atoms with Crippen molar-refractivity contribution in [3.8, 4) is 0 Å². The van der Waals surface area contributed by atoms with Crippen molar-refractivity contribution in [2.75, 3.05) is 20.3 Å². The van der Waals surface area contributed by atoms with Crippen LogP contribution in [0.2, 0.25) is 0 Å². The molecule has 51 heavy (non-hydrogen) atoms. The standard InChI is InChI=1S/C9H12O3.C9H10O3.2C5H4O2.2C3H4O2.2CH4.HI/c1-6(10)8-5-7-3-4-9(8,11-2)12-7;1-6(11)7-4-9(5-10)3-2-8(7)12-9;2*6-4-5-2-1-3-7-5;2*4-3-1-2-5-3;;;/h3-4,7-8H,5H2,1-2H3;2-3,5,7-8H,4H2,1H3;2*1-4H;2*1-2H2;2*1H4;1H. The highest BCUT2D eigenvalue weighted by atomic mass is 127. The van der Waals surface area contributed by atoms with Crippen molar-refractivity contribution >= 4 is 66.3 Å². The van der Waals surface area contributed by atoms with Crippen LogP contribution in [0.1, 0.15) is 75.5 Å². The van der Waals surface area contributed by atoms with Gasteiger partial charge in [0.1, 0.15) is 30.4 Å². The largest absolute Gasteiger partial charge is 0.465 e. The number of carbonyl (C=O) groups is 7. The van der Waals surface area contributed by atoms with Crippen LogP contribution >= 0.6 is 24.0 Å². The molecule has 4 saturated heterocycles. The van der Waals surface area contributed by atoms with Crippen LogP contribution in [0.15, 0.2) is 69.9 Å². The Morgan fingerprint density at radius 3 is 1.57 bits per heavy atom. The Morgan fingerprint density at radius 1 is 0.824 bits per heavy atom. The van der Waals surface area contributed by atoms with Gasteiger partial charge in [-0.05, 0) is 63.1 Å². The number of rotatable bonds is 6. The average Bonchev–Trinajstić information content (AvgIpc) is 3.93. The van der Waals surface area contributed by atoms with E-state index < -0.39 is 11.4 Å². The van der Waals surface area contributed by atoms with E-state index in [4.69, 9.17) is 14.2 Å². The average molecular weight is 831 g/mol. The van der Waals surface area contributed by atoms with Crippen LogP contribution in [0.3, 0.4) is 0 Å². The molecule has 2 aromatic heterocycles. The SMILES string of the molecule is C.C.CC(=O)C1CC2(C=O)C=CC1O2.COC12C=CC(CC1C(C)=O)O2.I.O=C1CCO1.O=C1CCO1.O=Cc1ccco1.O=Cc1ccco1. The lowest BCUT2D eigenvalue weighted by Crippen LogP contribution is -2.37. The number of ether oxygens (including phenoxy) is 5. The van der Waals surface area contributed by atoms with Gasteiger partial charge in [-0.1, -0.05) is 27.0 Å². The molecule has 0 radical (unpaired) electrons. The Balaban J connectivity index is 0.000000601. The summed E-state index contributed by atoms with van der Waals surface area (Å²) in [5, 5.41) is 0. The maximum absolute atomic E-state index is 11.2. The van der Waals surface area contributed by atoms with E-state index >= 15 is 0 Å². The van der Waals surface area contributed by atoms with Gasteiger partial charge in [0.25, 0.3) is 0 Å². The number of hydrogen-bond acceptors (Lipinski definition) is 14. The van der Waals surface area contributed by atoms with Gasteiger partial charge in [-0.3, -0.25) is 33.6 Å². The second-order valence-corrected chi connectivity index (χ2v) is 11.0. The zero-order valence-electron chi connectivity index (χ0n) is 27.2. The lowest BCUT2D eigenvalue weighted by Gasteiger charge is -2.26. The first-order valence-electron chi connectivity index (χ1n) is 15.1. The van der Waals surface area contributed by atoms with Crippen molar-refractivity contribution in [1.82, 2.24) is 0 Å². The van der Waals surface area contributed by atoms with Gasteiger partial charge in [-0.25, -0.2) is 0 Å². The summed E-state index contributed by atoms with van der Waals surface area (Å²) >= 11 is 0. The van der Waals surface area contributed by atoms with E-state index in [1.165, 1.54) is 12.5 Å². The van der Waals surface area contributed by atoms with Gasteiger partial charge in [0, 0.05) is 7.11 Å². The predicted molar refractivity (Wildman–Crippen MR) is 192 cm³/mol. The van der Waals surface area contributed by atoms with Crippen LogP contribution in [0.4, 0.5) is 0 Å². The first kappa shape index (κ1) is 46.9. The van der Waals surface area contributed by atoms with E-state index in [-0.39, 0.29) is 86.4 Å². The first-order chi connectivity index (χ1) is 23.0. The summed E-state index contributed by atoms with van der Waals surface area (Å²) in [6.45, 7) is 4.40. The number of carbonyl (C=O) groups excluding carboxylic acids is 7. The van der Waals surface area contributed by atoms with Crippen LogP contribution in [0, 0.1) is 11.8 Å². The molecular formula is C36H47IO14. The smallest absolute Gasteiger partial charge is 0.309 e. The maximum Gasteiger partial charge on any atom is 0.309 e. The third-order valence-corrected chi connectivity index (χ3v) is 7.68. The first-order valence-corrected chi connectivity index (χ1v) is 15.1. The van der Waals surface area contributed by atoms with E-state index in [9.17, 15) is 33.6 Å². The minimum absolute atomic E-state index is 0. The molecule has 6 aliphatic heterocycles. The van der Waals surface area contributed by atoms with Gasteiger partial charge in [-0.2, -0.15) is 0 Å². The third-order valence-electron chi connectivity index (χ3n) is 7.68. The van der Waals surface area contributed by atoms with Gasteiger partial charge in [0.05, 0.1) is 49.4 Å². The Morgan fingerprint density at radius 2 is 1.33 bits per heavy atom. The van der Waals surface area contributed by atoms with E-state index in [0.717, 1.165) is 12.7 Å². The Labute approximate surface area is 314 Å². The number of fused-ring (bicyclic) bond motifs is 4. The van der Waals surface area contributed by atoms with Gasteiger partial charge in [0.2, 0.25) is 0 Å². The normalized spacial score (nSPS) is 26.9. The number of esters is 2. The number of furan rings is 2. The van der Waals surface area contributed by atoms with Crippen molar-refractivity contribution in [2.24, 2.45) is 11.8 Å². The Bertz CT molecular complexity index is 1400. The van der Waals surface area contributed by atoms with Crippen molar-refractivity contribution in [3.05, 3.63) is 72.6 Å². The summed E-state index contributed by atoms with van der Waals surface area (Å²) in [7, 11) is 1.58. The van der Waals surface area contributed by atoms with Crippen molar-refractivity contribution < 1.29 is 66.1 Å². The van der Waals surface area contributed by atoms with Crippen LogP contribution in [-0.2, 0) is 47.7 Å². The zero-order valence-corrected chi connectivity index (χ0v) is 29.5. The summed E-state index contributed by atoms with van der Waals surface area (Å²) in [5.41, 5.74) is -0.777. The van der Waals surface area contributed by atoms with Crippen LogP contribution in [-0.4, -0.2) is 86.3 Å². The number of aldehydes is 3. The molecule has 0 spiro atoms. The van der Waals surface area contributed by atoms with Gasteiger partial charge in [0.15, 0.2) is 36.2 Å². The summed E-state index contributed by atoms with van der Waals surface area (Å²) in [6.07, 6.45) is 14.9. The zero-order chi connectivity index (χ0) is 35.2. The minimum atomic E-state index is -0.777. The molecule has 0 aromatic carbocycles. The van der Waals surface area contributed by atoms with Crippen LogP contribution in [0.25, 0.3) is 0 Å². The molecule has 0 N–H and O–H groups in total. The highest BCUT2D eigenvalue weighted by Crippen LogP contribution is 2.44. The summed E-state index contributed by atoms with van der Waals surface area (Å²) in [5.74, 6) is -0.0966. The van der Waals surface area contributed by atoms with E-state index in [1.807, 2.05) is 18.2 Å². The fraction of sp³-hybridized carbons (Fsp3) is 0.472. The second kappa shape index (κ2) is 22.7. The van der Waals surface area contributed by atoms with E-state index in [1.54, 1.807) is 51.3 Å². The second-order valence-electron chi connectivity index (χ2n) is 11.0. The molecule has 6 unspecified atom stereocenters. The third kappa shape index (κ3) is 13.5. The number of Topliss-reactive ketones (excluding diaryl/α,β-unsaturated/α-hetero) is 2. The van der Waals surface area contributed by atoms with Crippen LogP contribution in [0.5, 0.6) is 0 Å². The van der Waals surface area contributed by atoms with Crippen molar-refractivity contribution in [1.29, 1.82) is 0 Å². The van der Waals surface area contributed by atoms with Crippen molar-refractivity contribution in [2.45, 2.75) is 78.0 Å². The Hall–Kier alpha value is -4.06. The number of ketones is 2. The fourth-order valence-corrected chi connectivity index (χ4v) is 4.95. The van der Waals surface area contributed by atoms with E-state index in [2.05, 4.69) is 18.3 Å². The highest BCUT2D eigenvalue weighted by molar-refractivity contribution is 14.0. The Kier molecular flexibility index (Phi) is 20.9. The molecule has 6 aliphatic rings. The predicted octanol–water partition coefficient (Wildman–Crippen LogP) is 5.32. The summed E-state index contributed by atoms with van der Waals surface area (Å²) in [4.78, 5) is 71.8. The number of halogens is 1. The molecule has 8 rings (SSSR count). The van der Waals surface area contributed by atoms with Crippen LogP contribution < -0.4 is 0 Å². The molecule has 6 atom stereocenters. The quantitative estimate of drug-likeness (QED) is 0.157. The summed E-state index contributed by atoms with van der Waals surface area (Å²) in [6, 6.07) is 6.55. The lowest BCUT2D eigenvalue weighted by molar-refractivity contribution is -0.181.